The summed E-state index contributed by atoms with van der Waals surface area (Å²) in [5, 5.41) is 8.23. The molecular formula is C62H52. The molecule has 62 heavy (non-hydrogen) atoms. The largest absolute Gasteiger partial charge is 0.0836 e. The number of allylic oxidation sites excluding steroid dienone is 6. The maximum atomic E-state index is 2.67. The number of rotatable bonds is 4. The van der Waals surface area contributed by atoms with Crippen molar-refractivity contribution in [1.29, 1.82) is 0 Å². The van der Waals surface area contributed by atoms with Gasteiger partial charge in [-0.3, -0.25) is 0 Å². The Kier molecular flexibility index (Phi) is 8.43. The zero-order valence-corrected chi connectivity index (χ0v) is 36.4. The lowest BCUT2D eigenvalue weighted by molar-refractivity contribution is 0.298. The second kappa shape index (κ2) is 14.0. The van der Waals surface area contributed by atoms with Gasteiger partial charge in [0.15, 0.2) is 0 Å². The summed E-state index contributed by atoms with van der Waals surface area (Å²) in [6.07, 6.45) is 19.8. The number of hydrogen-bond donors (Lipinski definition) is 0. The second-order valence-corrected chi connectivity index (χ2v) is 19.4. The van der Waals surface area contributed by atoms with Gasteiger partial charge < -0.3 is 0 Å². The molecule has 8 aromatic rings. The van der Waals surface area contributed by atoms with Crippen LogP contribution in [0.4, 0.5) is 0 Å². The fourth-order valence-electron chi connectivity index (χ4n) is 12.1. The van der Waals surface area contributed by atoms with Gasteiger partial charge in [0.25, 0.3) is 0 Å². The molecule has 0 heteroatoms. The first kappa shape index (κ1) is 37.3. The number of fused-ring (bicyclic) bond motifs is 10. The molecule has 0 saturated carbocycles. The standard InChI is InChI=1S/C62H52/c1-61(2)55-35-51-47-23-13-11-21-45(47)46-22-12-14-24-48(46)52(51)36-56(55)62(3,4)58-38-54-53(37-57(58)61)59(43-31-27-41(28-32-43)39-17-7-5-8-18-39)49-25-15-16-26-50(49)60(54)44-33-29-42(30-34-44)40-19-9-6-10-20-40/h5,7-9,11-14,16-24,26-34,36-38,55H,6,10,15,25,35H2,1-4H3. The maximum Gasteiger partial charge on any atom is 0.0115 e. The van der Waals surface area contributed by atoms with E-state index in [1.165, 1.54) is 110 Å². The monoisotopic (exact) mass is 796 g/mol. The van der Waals surface area contributed by atoms with Crippen molar-refractivity contribution in [2.24, 2.45) is 5.92 Å². The molecule has 4 aliphatic carbocycles. The van der Waals surface area contributed by atoms with Gasteiger partial charge in [-0.05, 0) is 166 Å². The average molecular weight is 797 g/mol. The minimum atomic E-state index is -0.182. The van der Waals surface area contributed by atoms with Crippen molar-refractivity contribution in [1.82, 2.24) is 0 Å². The van der Waals surface area contributed by atoms with E-state index < -0.39 is 0 Å². The van der Waals surface area contributed by atoms with E-state index in [-0.39, 0.29) is 10.8 Å². The molecule has 8 aromatic carbocycles. The van der Waals surface area contributed by atoms with Crippen molar-refractivity contribution in [2.45, 2.75) is 70.6 Å². The van der Waals surface area contributed by atoms with Crippen LogP contribution in [0.25, 0.3) is 83.4 Å². The van der Waals surface area contributed by atoms with Gasteiger partial charge in [0.1, 0.15) is 0 Å². The third kappa shape index (κ3) is 5.58. The molecule has 0 N–H and O–H groups in total. The van der Waals surface area contributed by atoms with Crippen LogP contribution in [0.1, 0.15) is 85.9 Å². The summed E-state index contributed by atoms with van der Waals surface area (Å²) >= 11 is 0. The maximum absolute atomic E-state index is 2.67. The summed E-state index contributed by atoms with van der Waals surface area (Å²) in [7, 11) is 0. The summed E-state index contributed by atoms with van der Waals surface area (Å²) in [4.78, 5) is 0. The second-order valence-electron chi connectivity index (χ2n) is 19.4. The highest BCUT2D eigenvalue weighted by Crippen LogP contribution is 2.59. The Labute approximate surface area is 366 Å². The zero-order chi connectivity index (χ0) is 41.7. The topological polar surface area (TPSA) is 0 Å². The fourth-order valence-corrected chi connectivity index (χ4v) is 12.1. The van der Waals surface area contributed by atoms with Gasteiger partial charge >= 0.3 is 0 Å². The van der Waals surface area contributed by atoms with E-state index in [1.807, 2.05) is 0 Å². The van der Waals surface area contributed by atoms with Gasteiger partial charge in [-0.1, -0.05) is 197 Å². The van der Waals surface area contributed by atoms with Crippen LogP contribution < -0.4 is 0 Å². The Balaban J connectivity index is 1.13. The highest BCUT2D eigenvalue weighted by Gasteiger charge is 2.49. The summed E-state index contributed by atoms with van der Waals surface area (Å²) in [6, 6.07) is 53.3. The average Bonchev–Trinajstić information content (AvgIpc) is 3.33. The summed E-state index contributed by atoms with van der Waals surface area (Å²) in [6.45, 7) is 10.1. The molecule has 0 nitrogen and oxygen atoms in total. The lowest BCUT2D eigenvalue weighted by Gasteiger charge is -2.52. The van der Waals surface area contributed by atoms with Gasteiger partial charge in [-0.15, -0.1) is 0 Å². The molecule has 0 amide bonds. The van der Waals surface area contributed by atoms with Crippen molar-refractivity contribution in [3.05, 3.63) is 208 Å². The van der Waals surface area contributed by atoms with E-state index in [2.05, 4.69) is 204 Å². The summed E-state index contributed by atoms with van der Waals surface area (Å²) in [5.41, 5.74) is 20.5. The van der Waals surface area contributed by atoms with Crippen molar-refractivity contribution in [3.8, 4) is 33.4 Å². The normalized spacial score (nSPS) is 18.2. The van der Waals surface area contributed by atoms with Crippen LogP contribution in [0.5, 0.6) is 0 Å². The molecular weight excluding hydrogens is 745 g/mol. The van der Waals surface area contributed by atoms with E-state index >= 15 is 0 Å². The smallest absolute Gasteiger partial charge is 0.0115 e. The van der Waals surface area contributed by atoms with E-state index in [9.17, 15) is 0 Å². The molecule has 300 valence electrons. The van der Waals surface area contributed by atoms with Crippen LogP contribution in [0.15, 0.2) is 169 Å². The van der Waals surface area contributed by atoms with Crippen molar-refractivity contribution in [2.75, 3.05) is 0 Å². The third-order valence-electron chi connectivity index (χ3n) is 15.3. The third-order valence-corrected chi connectivity index (χ3v) is 15.3. The molecule has 0 radical (unpaired) electrons. The molecule has 1 atom stereocenters. The summed E-state index contributed by atoms with van der Waals surface area (Å²) < 4.78 is 0. The fraction of sp³-hybridized carbons (Fsp3) is 0.194. The van der Waals surface area contributed by atoms with Gasteiger partial charge in [0, 0.05) is 5.41 Å². The first-order chi connectivity index (χ1) is 30.3. The quantitative estimate of drug-likeness (QED) is 0.156. The highest BCUT2D eigenvalue weighted by molar-refractivity contribution is 6.14. The highest BCUT2D eigenvalue weighted by atomic mass is 14.5. The first-order valence-corrected chi connectivity index (χ1v) is 22.9. The molecule has 1 unspecified atom stereocenters. The van der Waals surface area contributed by atoms with Crippen LogP contribution in [-0.2, 0) is 23.7 Å². The molecule has 0 aliphatic heterocycles. The molecule has 0 heterocycles. The van der Waals surface area contributed by atoms with E-state index in [4.69, 9.17) is 0 Å². The van der Waals surface area contributed by atoms with E-state index in [0.717, 1.165) is 32.1 Å². The van der Waals surface area contributed by atoms with Crippen LogP contribution >= 0.6 is 0 Å². The van der Waals surface area contributed by atoms with E-state index in [0.29, 0.717) is 5.92 Å². The van der Waals surface area contributed by atoms with Gasteiger partial charge in [0.05, 0.1) is 0 Å². The van der Waals surface area contributed by atoms with Crippen LogP contribution in [0.3, 0.4) is 0 Å². The number of benzene rings is 8. The van der Waals surface area contributed by atoms with Gasteiger partial charge in [-0.25, -0.2) is 0 Å². The van der Waals surface area contributed by atoms with Crippen molar-refractivity contribution < 1.29 is 0 Å². The van der Waals surface area contributed by atoms with Gasteiger partial charge in [-0.2, -0.15) is 0 Å². The lowest BCUT2D eigenvalue weighted by atomic mass is 9.52. The van der Waals surface area contributed by atoms with Crippen molar-refractivity contribution in [3.63, 3.8) is 0 Å². The molecule has 0 spiro atoms. The minimum Gasteiger partial charge on any atom is -0.0836 e. The predicted molar refractivity (Wildman–Crippen MR) is 267 cm³/mol. The minimum absolute atomic E-state index is 0.109. The molecule has 0 fully saturated rings. The van der Waals surface area contributed by atoms with Crippen LogP contribution in [-0.4, -0.2) is 0 Å². The Hall–Kier alpha value is -6.50. The lowest BCUT2D eigenvalue weighted by Crippen LogP contribution is -2.45. The van der Waals surface area contributed by atoms with Crippen LogP contribution in [0, 0.1) is 5.92 Å². The first-order valence-electron chi connectivity index (χ1n) is 22.9. The molecule has 0 bridgehead atoms. The molecule has 0 aromatic heterocycles. The Morgan fingerprint density at radius 3 is 1.76 bits per heavy atom. The molecule has 4 aliphatic rings. The predicted octanol–water partition coefficient (Wildman–Crippen LogP) is 16.7. The van der Waals surface area contributed by atoms with Crippen molar-refractivity contribution >= 4 is 50.0 Å². The Morgan fingerprint density at radius 2 is 1.03 bits per heavy atom. The summed E-state index contributed by atoms with van der Waals surface area (Å²) in [5.74, 6) is 0.365. The SMILES string of the molecule is CC1(C)C2=Cc3c(c4ccccc4c4ccccc34)CC2C(C)(C)c2cc3c(-c4ccc(-c5ccccc5)cc4)c4c(c(-c5ccc(C6=CCCC=C6)cc5)c3cc21)C=CCC4. The van der Waals surface area contributed by atoms with E-state index in [1.54, 1.807) is 5.57 Å². The molecule has 0 saturated heterocycles. The van der Waals surface area contributed by atoms with Gasteiger partial charge in [0.2, 0.25) is 0 Å². The zero-order valence-electron chi connectivity index (χ0n) is 36.4. The Morgan fingerprint density at radius 1 is 0.452 bits per heavy atom. The van der Waals surface area contributed by atoms with Crippen LogP contribution in [0.2, 0.25) is 0 Å². The number of hydrogen-bond acceptors (Lipinski definition) is 0. The Bertz CT molecular complexity index is 3270. The molecule has 12 rings (SSSR count).